The van der Waals surface area contributed by atoms with Crippen LogP contribution in [-0.4, -0.2) is 29.8 Å². The zero-order chi connectivity index (χ0) is 13.1. The van der Waals surface area contributed by atoms with E-state index in [4.69, 9.17) is 9.84 Å². The van der Waals surface area contributed by atoms with E-state index in [0.29, 0.717) is 11.6 Å². The Morgan fingerprint density at radius 1 is 1.50 bits per heavy atom. The second-order valence-corrected chi connectivity index (χ2v) is 4.88. The minimum absolute atomic E-state index is 0.288. The van der Waals surface area contributed by atoms with Gasteiger partial charge in [-0.05, 0) is 50.5 Å². The number of aromatic carboxylic acids is 1. The van der Waals surface area contributed by atoms with Crippen molar-refractivity contribution in [1.82, 2.24) is 0 Å². The Balaban J connectivity index is 2.05. The van der Waals surface area contributed by atoms with Crippen molar-refractivity contribution in [3.63, 3.8) is 0 Å². The first kappa shape index (κ1) is 12.9. The van der Waals surface area contributed by atoms with Crippen LogP contribution in [0.3, 0.4) is 0 Å². The van der Waals surface area contributed by atoms with Gasteiger partial charge in [0.15, 0.2) is 0 Å². The number of aryl methyl sites for hydroxylation is 1. The molecule has 1 aromatic carbocycles. The van der Waals surface area contributed by atoms with E-state index in [-0.39, 0.29) is 6.10 Å². The molecule has 0 spiro atoms. The highest BCUT2D eigenvalue weighted by Gasteiger charge is 2.19. The van der Waals surface area contributed by atoms with E-state index < -0.39 is 5.97 Å². The van der Waals surface area contributed by atoms with Crippen LogP contribution in [0.15, 0.2) is 18.2 Å². The third kappa shape index (κ3) is 3.01. The van der Waals surface area contributed by atoms with Gasteiger partial charge in [-0.15, -0.1) is 0 Å². The van der Waals surface area contributed by atoms with E-state index in [1.54, 1.807) is 6.07 Å². The van der Waals surface area contributed by atoms with Crippen molar-refractivity contribution in [3.05, 3.63) is 29.3 Å². The van der Waals surface area contributed by atoms with Crippen LogP contribution in [-0.2, 0) is 4.74 Å². The first-order valence-corrected chi connectivity index (χ1v) is 6.28. The van der Waals surface area contributed by atoms with Crippen LogP contribution < -0.4 is 5.32 Å². The van der Waals surface area contributed by atoms with E-state index in [0.717, 1.165) is 30.7 Å². The predicted molar refractivity (Wildman–Crippen MR) is 70.2 cm³/mol. The van der Waals surface area contributed by atoms with Crippen LogP contribution in [0.4, 0.5) is 5.69 Å². The van der Waals surface area contributed by atoms with Gasteiger partial charge in [0.1, 0.15) is 0 Å². The van der Waals surface area contributed by atoms with Crippen molar-refractivity contribution in [2.45, 2.75) is 38.8 Å². The lowest BCUT2D eigenvalue weighted by atomic mass is 10.0. The Morgan fingerprint density at radius 3 is 2.89 bits per heavy atom. The standard InChI is InChI=1S/C14H19NO3/c1-9-7-11(3-4-13(9)14(16)17)15-12-5-6-18-10(2)8-12/h3-4,7,10,12,15H,5-6,8H2,1-2H3,(H,16,17). The van der Waals surface area contributed by atoms with Gasteiger partial charge in [0.05, 0.1) is 11.7 Å². The van der Waals surface area contributed by atoms with Crippen LogP contribution >= 0.6 is 0 Å². The molecule has 0 bridgehead atoms. The zero-order valence-corrected chi connectivity index (χ0v) is 10.8. The lowest BCUT2D eigenvalue weighted by Crippen LogP contribution is -2.32. The molecule has 2 N–H and O–H groups in total. The molecule has 18 heavy (non-hydrogen) atoms. The van der Waals surface area contributed by atoms with Crippen molar-refractivity contribution < 1.29 is 14.6 Å². The van der Waals surface area contributed by atoms with Crippen molar-refractivity contribution in [2.24, 2.45) is 0 Å². The van der Waals surface area contributed by atoms with Gasteiger partial charge in [-0.2, -0.15) is 0 Å². The SMILES string of the molecule is Cc1cc(NC2CCOC(C)C2)ccc1C(=O)O. The van der Waals surface area contributed by atoms with Crippen molar-refractivity contribution in [3.8, 4) is 0 Å². The van der Waals surface area contributed by atoms with Crippen LogP contribution in [0.25, 0.3) is 0 Å². The molecule has 0 radical (unpaired) electrons. The van der Waals surface area contributed by atoms with E-state index >= 15 is 0 Å². The number of benzene rings is 1. The normalized spacial score (nSPS) is 23.7. The lowest BCUT2D eigenvalue weighted by Gasteiger charge is -2.28. The maximum Gasteiger partial charge on any atom is 0.335 e. The zero-order valence-electron chi connectivity index (χ0n) is 10.8. The number of carboxylic acids is 1. The molecule has 1 saturated heterocycles. The van der Waals surface area contributed by atoms with Gasteiger partial charge in [0.25, 0.3) is 0 Å². The molecule has 1 fully saturated rings. The molecule has 2 unspecified atom stereocenters. The Labute approximate surface area is 107 Å². The Bertz CT molecular complexity index is 445. The van der Waals surface area contributed by atoms with Gasteiger partial charge < -0.3 is 15.2 Å². The minimum atomic E-state index is -0.876. The summed E-state index contributed by atoms with van der Waals surface area (Å²) >= 11 is 0. The van der Waals surface area contributed by atoms with Crippen LogP contribution in [0.1, 0.15) is 35.7 Å². The summed E-state index contributed by atoms with van der Waals surface area (Å²) in [5.41, 5.74) is 2.13. The number of carbonyl (C=O) groups is 1. The number of ether oxygens (including phenoxy) is 1. The molecular weight excluding hydrogens is 230 g/mol. The average molecular weight is 249 g/mol. The van der Waals surface area contributed by atoms with E-state index in [1.807, 2.05) is 19.1 Å². The summed E-state index contributed by atoms with van der Waals surface area (Å²) in [7, 11) is 0. The summed E-state index contributed by atoms with van der Waals surface area (Å²) in [4.78, 5) is 10.9. The fourth-order valence-electron chi connectivity index (χ4n) is 2.36. The molecule has 2 atom stereocenters. The maximum atomic E-state index is 10.9. The van der Waals surface area contributed by atoms with Crippen LogP contribution in [0.5, 0.6) is 0 Å². The quantitative estimate of drug-likeness (QED) is 0.864. The third-order valence-electron chi connectivity index (χ3n) is 3.31. The topological polar surface area (TPSA) is 58.6 Å². The van der Waals surface area contributed by atoms with Gasteiger partial charge in [0, 0.05) is 18.3 Å². The predicted octanol–water partition coefficient (Wildman–Crippen LogP) is 2.67. The molecule has 1 heterocycles. The molecule has 0 aliphatic carbocycles. The second kappa shape index (κ2) is 5.40. The molecule has 0 amide bonds. The second-order valence-electron chi connectivity index (χ2n) is 4.88. The highest BCUT2D eigenvalue weighted by atomic mass is 16.5. The molecule has 1 aliphatic rings. The van der Waals surface area contributed by atoms with E-state index in [2.05, 4.69) is 12.2 Å². The summed E-state index contributed by atoms with van der Waals surface area (Å²) in [6.07, 6.45) is 2.26. The number of hydrogen-bond acceptors (Lipinski definition) is 3. The number of carboxylic acid groups (broad SMARTS) is 1. The highest BCUT2D eigenvalue weighted by Crippen LogP contribution is 2.21. The molecule has 1 aliphatic heterocycles. The van der Waals surface area contributed by atoms with Crippen LogP contribution in [0, 0.1) is 6.92 Å². The maximum absolute atomic E-state index is 10.9. The minimum Gasteiger partial charge on any atom is -0.478 e. The lowest BCUT2D eigenvalue weighted by molar-refractivity contribution is 0.0232. The summed E-state index contributed by atoms with van der Waals surface area (Å²) < 4.78 is 5.50. The molecule has 0 saturated carbocycles. The number of hydrogen-bond donors (Lipinski definition) is 2. The van der Waals surface area contributed by atoms with E-state index in [1.165, 1.54) is 0 Å². The Kier molecular flexibility index (Phi) is 3.87. The van der Waals surface area contributed by atoms with Gasteiger partial charge in [-0.1, -0.05) is 0 Å². The van der Waals surface area contributed by atoms with Gasteiger partial charge in [-0.3, -0.25) is 0 Å². The fraction of sp³-hybridized carbons (Fsp3) is 0.500. The smallest absolute Gasteiger partial charge is 0.335 e. The molecular formula is C14H19NO3. The van der Waals surface area contributed by atoms with Crippen molar-refractivity contribution in [1.29, 1.82) is 0 Å². The summed E-state index contributed by atoms with van der Waals surface area (Å²) in [5, 5.41) is 12.4. The van der Waals surface area contributed by atoms with Gasteiger partial charge in [-0.25, -0.2) is 4.79 Å². The number of nitrogens with one attached hydrogen (secondary N) is 1. The van der Waals surface area contributed by atoms with Gasteiger partial charge >= 0.3 is 5.97 Å². The van der Waals surface area contributed by atoms with Crippen molar-refractivity contribution in [2.75, 3.05) is 11.9 Å². The summed E-state index contributed by atoms with van der Waals surface area (Å²) in [5.74, 6) is -0.876. The first-order valence-electron chi connectivity index (χ1n) is 6.28. The monoisotopic (exact) mass is 249 g/mol. The van der Waals surface area contributed by atoms with Crippen molar-refractivity contribution >= 4 is 11.7 Å². The number of rotatable bonds is 3. The summed E-state index contributed by atoms with van der Waals surface area (Å²) in [6, 6.07) is 5.78. The van der Waals surface area contributed by atoms with Crippen LogP contribution in [0.2, 0.25) is 0 Å². The van der Waals surface area contributed by atoms with E-state index in [9.17, 15) is 4.79 Å². The molecule has 2 rings (SSSR count). The highest BCUT2D eigenvalue weighted by molar-refractivity contribution is 5.89. The molecule has 4 nitrogen and oxygen atoms in total. The fourth-order valence-corrected chi connectivity index (χ4v) is 2.36. The number of anilines is 1. The van der Waals surface area contributed by atoms with Gasteiger partial charge in [0.2, 0.25) is 0 Å². The Hall–Kier alpha value is -1.55. The molecule has 0 aromatic heterocycles. The Morgan fingerprint density at radius 2 is 2.28 bits per heavy atom. The molecule has 1 aromatic rings. The average Bonchev–Trinajstić information content (AvgIpc) is 2.28. The first-order chi connectivity index (χ1) is 8.56. The summed E-state index contributed by atoms with van der Waals surface area (Å²) in [6.45, 7) is 4.68. The molecule has 98 valence electrons. The third-order valence-corrected chi connectivity index (χ3v) is 3.31. The molecule has 4 heteroatoms. The largest absolute Gasteiger partial charge is 0.478 e.